The van der Waals surface area contributed by atoms with Crippen LogP contribution in [0.2, 0.25) is 0 Å². The molecule has 174 valence electrons. The summed E-state index contributed by atoms with van der Waals surface area (Å²) in [7, 11) is -3.75. The molecule has 0 aromatic heterocycles. The lowest BCUT2D eigenvalue weighted by Crippen LogP contribution is -2.12. The van der Waals surface area contributed by atoms with Crippen molar-refractivity contribution in [1.29, 1.82) is 0 Å². The molecular formula is C29H23NO4S. The SMILES string of the molecule is Cc1ccc(S(=O)(=O)Nc2cccc(-c3c(O)ccc4cc(-c5cccc(O)c5)ccc34)c2)cc1. The van der Waals surface area contributed by atoms with Crippen LogP contribution in [-0.2, 0) is 10.0 Å². The van der Waals surface area contributed by atoms with Crippen molar-refractivity contribution in [3.63, 3.8) is 0 Å². The van der Waals surface area contributed by atoms with Crippen LogP contribution in [0, 0.1) is 6.92 Å². The minimum Gasteiger partial charge on any atom is -0.508 e. The van der Waals surface area contributed by atoms with Crippen LogP contribution in [0.4, 0.5) is 5.69 Å². The Hall–Kier alpha value is -4.29. The largest absolute Gasteiger partial charge is 0.508 e. The molecule has 0 amide bonds. The molecule has 0 bridgehead atoms. The van der Waals surface area contributed by atoms with E-state index >= 15 is 0 Å². The third kappa shape index (κ3) is 4.56. The van der Waals surface area contributed by atoms with Crippen LogP contribution in [0.15, 0.2) is 108 Å². The van der Waals surface area contributed by atoms with Gasteiger partial charge in [-0.2, -0.15) is 0 Å². The maximum Gasteiger partial charge on any atom is 0.261 e. The number of hydrogen-bond donors (Lipinski definition) is 3. The van der Waals surface area contributed by atoms with Gasteiger partial charge in [0, 0.05) is 11.3 Å². The maximum absolute atomic E-state index is 12.9. The molecule has 0 atom stereocenters. The van der Waals surface area contributed by atoms with Gasteiger partial charge in [-0.3, -0.25) is 4.72 Å². The van der Waals surface area contributed by atoms with E-state index in [1.165, 1.54) is 0 Å². The fraction of sp³-hybridized carbons (Fsp3) is 0.0345. The Morgan fingerprint density at radius 1 is 0.686 bits per heavy atom. The third-order valence-corrected chi connectivity index (χ3v) is 7.31. The van der Waals surface area contributed by atoms with Crippen LogP contribution >= 0.6 is 0 Å². The zero-order valence-electron chi connectivity index (χ0n) is 18.9. The van der Waals surface area contributed by atoms with Gasteiger partial charge in [0.1, 0.15) is 11.5 Å². The first-order valence-corrected chi connectivity index (χ1v) is 12.5. The average molecular weight is 482 g/mol. The van der Waals surface area contributed by atoms with Gasteiger partial charge in [-0.15, -0.1) is 0 Å². The van der Waals surface area contributed by atoms with E-state index in [2.05, 4.69) is 4.72 Å². The van der Waals surface area contributed by atoms with Crippen molar-refractivity contribution >= 4 is 26.5 Å². The number of sulfonamides is 1. The molecule has 0 spiro atoms. The molecule has 0 fully saturated rings. The summed E-state index contributed by atoms with van der Waals surface area (Å²) < 4.78 is 28.4. The van der Waals surface area contributed by atoms with Crippen molar-refractivity contribution in [2.75, 3.05) is 4.72 Å². The van der Waals surface area contributed by atoms with Crippen LogP contribution < -0.4 is 4.72 Å². The van der Waals surface area contributed by atoms with Gasteiger partial charge in [0.25, 0.3) is 10.0 Å². The summed E-state index contributed by atoms with van der Waals surface area (Å²) in [6, 6.07) is 30.0. The molecule has 0 heterocycles. The van der Waals surface area contributed by atoms with Crippen molar-refractivity contribution in [3.8, 4) is 33.8 Å². The van der Waals surface area contributed by atoms with Crippen molar-refractivity contribution in [3.05, 3.63) is 109 Å². The number of phenols is 2. The van der Waals surface area contributed by atoms with Crippen molar-refractivity contribution < 1.29 is 18.6 Å². The normalized spacial score (nSPS) is 11.5. The summed E-state index contributed by atoms with van der Waals surface area (Å²) in [6.45, 7) is 1.90. The molecule has 0 aliphatic rings. The highest BCUT2D eigenvalue weighted by Crippen LogP contribution is 2.39. The van der Waals surface area contributed by atoms with Crippen molar-refractivity contribution in [1.82, 2.24) is 0 Å². The first-order valence-electron chi connectivity index (χ1n) is 11.1. The molecule has 0 radical (unpaired) electrons. The number of aromatic hydroxyl groups is 2. The summed E-state index contributed by atoms with van der Waals surface area (Å²) in [5.41, 5.74) is 4.49. The summed E-state index contributed by atoms with van der Waals surface area (Å²) in [5.74, 6) is 0.292. The zero-order chi connectivity index (χ0) is 24.6. The number of anilines is 1. The topological polar surface area (TPSA) is 86.6 Å². The molecule has 5 nitrogen and oxygen atoms in total. The van der Waals surface area contributed by atoms with E-state index in [9.17, 15) is 18.6 Å². The number of nitrogens with one attached hydrogen (secondary N) is 1. The summed E-state index contributed by atoms with van der Waals surface area (Å²) in [4.78, 5) is 0.181. The fourth-order valence-electron chi connectivity index (χ4n) is 4.16. The molecule has 6 heteroatoms. The van der Waals surface area contributed by atoms with E-state index in [0.717, 1.165) is 27.5 Å². The van der Waals surface area contributed by atoms with Crippen molar-refractivity contribution in [2.45, 2.75) is 11.8 Å². The maximum atomic E-state index is 12.9. The Balaban J connectivity index is 1.54. The van der Waals surface area contributed by atoms with Crippen LogP contribution in [0.1, 0.15) is 5.56 Å². The molecule has 0 saturated heterocycles. The highest BCUT2D eigenvalue weighted by atomic mass is 32.2. The lowest BCUT2D eigenvalue weighted by atomic mass is 9.94. The molecule has 35 heavy (non-hydrogen) atoms. The second kappa shape index (κ2) is 8.81. The number of rotatable bonds is 5. The number of hydrogen-bond acceptors (Lipinski definition) is 4. The monoisotopic (exact) mass is 481 g/mol. The molecule has 0 saturated carbocycles. The molecule has 5 aromatic rings. The van der Waals surface area contributed by atoms with E-state index in [1.807, 2.05) is 43.3 Å². The summed E-state index contributed by atoms with van der Waals surface area (Å²) >= 11 is 0. The fourth-order valence-corrected chi connectivity index (χ4v) is 5.21. The van der Waals surface area contributed by atoms with E-state index in [0.29, 0.717) is 16.8 Å². The van der Waals surface area contributed by atoms with E-state index in [1.54, 1.807) is 66.7 Å². The van der Waals surface area contributed by atoms with Crippen LogP contribution in [0.3, 0.4) is 0 Å². The van der Waals surface area contributed by atoms with Gasteiger partial charge in [-0.1, -0.05) is 60.2 Å². The van der Waals surface area contributed by atoms with Gasteiger partial charge in [-0.05, 0) is 82.9 Å². The summed E-state index contributed by atoms with van der Waals surface area (Å²) in [5, 5.41) is 22.3. The minimum atomic E-state index is -3.75. The van der Waals surface area contributed by atoms with Gasteiger partial charge in [0.15, 0.2) is 0 Å². The van der Waals surface area contributed by atoms with E-state index in [4.69, 9.17) is 0 Å². The van der Waals surface area contributed by atoms with Gasteiger partial charge in [0.2, 0.25) is 0 Å². The minimum absolute atomic E-state index is 0.0983. The molecule has 0 unspecified atom stereocenters. The molecule has 0 aliphatic heterocycles. The van der Waals surface area contributed by atoms with Gasteiger partial charge in [-0.25, -0.2) is 8.42 Å². The Labute approximate surface area is 204 Å². The van der Waals surface area contributed by atoms with E-state index in [-0.39, 0.29) is 16.4 Å². The smallest absolute Gasteiger partial charge is 0.261 e. The van der Waals surface area contributed by atoms with Gasteiger partial charge in [0.05, 0.1) is 4.90 Å². The first-order chi connectivity index (χ1) is 16.8. The number of benzene rings is 5. The second-order valence-corrected chi connectivity index (χ2v) is 10.1. The molecule has 5 aromatic carbocycles. The van der Waals surface area contributed by atoms with Crippen LogP contribution in [0.5, 0.6) is 11.5 Å². The van der Waals surface area contributed by atoms with Gasteiger partial charge < -0.3 is 10.2 Å². The zero-order valence-corrected chi connectivity index (χ0v) is 19.8. The second-order valence-electron chi connectivity index (χ2n) is 8.45. The lowest BCUT2D eigenvalue weighted by Gasteiger charge is -2.13. The molecule has 3 N–H and O–H groups in total. The molecular weight excluding hydrogens is 458 g/mol. The van der Waals surface area contributed by atoms with Crippen molar-refractivity contribution in [2.24, 2.45) is 0 Å². The van der Waals surface area contributed by atoms with Crippen LogP contribution in [0.25, 0.3) is 33.0 Å². The van der Waals surface area contributed by atoms with E-state index < -0.39 is 10.0 Å². The Kier molecular flexibility index (Phi) is 5.67. The Morgan fingerprint density at radius 3 is 2.17 bits per heavy atom. The lowest BCUT2D eigenvalue weighted by molar-refractivity contribution is 0.475. The number of aryl methyl sites for hydroxylation is 1. The Morgan fingerprint density at radius 2 is 1.40 bits per heavy atom. The van der Waals surface area contributed by atoms with Gasteiger partial charge >= 0.3 is 0 Å². The standard InChI is InChI=1S/C29H23NO4S/c1-19-8-12-26(13-9-19)35(33,34)30-24-6-2-5-23(17-24)29-27-14-10-21(16-22(27)11-15-28(29)32)20-4-3-7-25(31)18-20/h2-18,30-32H,1H3. The third-order valence-electron chi connectivity index (χ3n) is 5.91. The predicted octanol–water partition coefficient (Wildman–Crippen LogP) is 6.69. The highest BCUT2D eigenvalue weighted by Gasteiger charge is 2.16. The molecule has 0 aliphatic carbocycles. The quantitative estimate of drug-likeness (QED) is 0.261. The number of fused-ring (bicyclic) bond motifs is 1. The summed E-state index contributed by atoms with van der Waals surface area (Å²) in [6.07, 6.45) is 0. The highest BCUT2D eigenvalue weighted by molar-refractivity contribution is 7.92. The average Bonchev–Trinajstić information content (AvgIpc) is 2.84. The first kappa shape index (κ1) is 22.5. The van der Waals surface area contributed by atoms with Crippen LogP contribution in [-0.4, -0.2) is 18.6 Å². The Bertz CT molecular complexity index is 1660. The number of phenolic OH excluding ortho intramolecular Hbond substituents is 2. The predicted molar refractivity (Wildman–Crippen MR) is 140 cm³/mol. The molecule has 5 rings (SSSR count).